The average molecular weight is 215 g/mol. The number of hydrogen-bond donors (Lipinski definition) is 3. The first kappa shape index (κ1) is 12.9. The Balaban J connectivity index is 2.52. The molecule has 1 saturated carbocycles. The molecule has 0 radical (unpaired) electrons. The molecule has 0 aromatic carbocycles. The second kappa shape index (κ2) is 5.83. The van der Waals surface area contributed by atoms with E-state index in [1.807, 2.05) is 6.92 Å². The minimum Gasteiger partial charge on any atom is -0.394 e. The summed E-state index contributed by atoms with van der Waals surface area (Å²) >= 11 is 0. The van der Waals surface area contributed by atoms with E-state index < -0.39 is 5.54 Å². The Bertz CT molecular complexity index is 168. The first-order chi connectivity index (χ1) is 7.21. The van der Waals surface area contributed by atoms with Crippen LogP contribution in [0.5, 0.6) is 0 Å². The molecule has 1 fully saturated rings. The molecule has 0 amide bonds. The lowest BCUT2D eigenvalue weighted by atomic mass is 9.94. The maximum absolute atomic E-state index is 9.37. The highest BCUT2D eigenvalue weighted by Crippen LogP contribution is 2.35. The van der Waals surface area contributed by atoms with E-state index in [2.05, 4.69) is 12.2 Å². The van der Waals surface area contributed by atoms with Gasteiger partial charge in [0.15, 0.2) is 0 Å². The van der Waals surface area contributed by atoms with Crippen molar-refractivity contribution in [3.8, 4) is 0 Å². The number of aliphatic hydroxyl groups excluding tert-OH is 2. The van der Waals surface area contributed by atoms with Crippen molar-refractivity contribution < 1.29 is 10.2 Å². The van der Waals surface area contributed by atoms with Gasteiger partial charge in [0.25, 0.3) is 0 Å². The van der Waals surface area contributed by atoms with Crippen LogP contribution in [0.4, 0.5) is 0 Å². The third kappa shape index (κ3) is 3.44. The molecule has 1 atom stereocenters. The maximum atomic E-state index is 9.37. The van der Waals surface area contributed by atoms with Crippen LogP contribution in [0.3, 0.4) is 0 Å². The lowest BCUT2D eigenvalue weighted by Gasteiger charge is -2.34. The van der Waals surface area contributed by atoms with Crippen molar-refractivity contribution in [1.29, 1.82) is 0 Å². The predicted molar refractivity (Wildman–Crippen MR) is 61.7 cm³/mol. The molecular weight excluding hydrogens is 190 g/mol. The Morgan fingerprint density at radius 2 is 1.87 bits per heavy atom. The van der Waals surface area contributed by atoms with Crippen LogP contribution in [-0.4, -0.2) is 35.0 Å². The molecular formula is C12H25NO2. The fourth-order valence-electron chi connectivity index (χ4n) is 2.10. The molecule has 1 aliphatic carbocycles. The van der Waals surface area contributed by atoms with Gasteiger partial charge < -0.3 is 15.5 Å². The molecule has 3 heteroatoms. The summed E-state index contributed by atoms with van der Waals surface area (Å²) in [5.74, 6) is 0.772. The molecule has 15 heavy (non-hydrogen) atoms. The van der Waals surface area contributed by atoms with Crippen LogP contribution in [0, 0.1) is 5.92 Å². The van der Waals surface area contributed by atoms with Gasteiger partial charge in [0.05, 0.1) is 18.8 Å². The normalized spacial score (nSPS) is 19.2. The van der Waals surface area contributed by atoms with Crippen molar-refractivity contribution in [2.75, 3.05) is 13.2 Å². The molecule has 1 rings (SSSR count). The first-order valence-corrected chi connectivity index (χ1v) is 6.20. The van der Waals surface area contributed by atoms with Gasteiger partial charge in [0, 0.05) is 6.04 Å². The summed E-state index contributed by atoms with van der Waals surface area (Å²) in [6.07, 6.45) is 5.67. The number of hydrogen-bond acceptors (Lipinski definition) is 3. The summed E-state index contributed by atoms with van der Waals surface area (Å²) in [5, 5.41) is 22.2. The predicted octanol–water partition coefficient (Wildman–Crippen LogP) is 1.29. The highest BCUT2D eigenvalue weighted by molar-refractivity contribution is 4.94. The van der Waals surface area contributed by atoms with Gasteiger partial charge in [0.2, 0.25) is 0 Å². The van der Waals surface area contributed by atoms with E-state index in [0.717, 1.165) is 25.2 Å². The van der Waals surface area contributed by atoms with Crippen LogP contribution < -0.4 is 5.32 Å². The molecule has 0 bridgehead atoms. The minimum atomic E-state index is -0.470. The van der Waals surface area contributed by atoms with Gasteiger partial charge in [-0.15, -0.1) is 0 Å². The summed E-state index contributed by atoms with van der Waals surface area (Å²) in [6, 6.07) is 0.481. The molecule has 3 N–H and O–H groups in total. The van der Waals surface area contributed by atoms with E-state index in [1.165, 1.54) is 12.8 Å². The summed E-state index contributed by atoms with van der Waals surface area (Å²) in [4.78, 5) is 0. The second-order valence-electron chi connectivity index (χ2n) is 4.83. The number of aliphatic hydroxyl groups is 2. The van der Waals surface area contributed by atoms with Crippen molar-refractivity contribution in [3.63, 3.8) is 0 Å². The van der Waals surface area contributed by atoms with Crippen molar-refractivity contribution in [3.05, 3.63) is 0 Å². The van der Waals surface area contributed by atoms with Crippen molar-refractivity contribution >= 4 is 0 Å². The van der Waals surface area contributed by atoms with Crippen molar-refractivity contribution in [2.45, 2.75) is 57.5 Å². The zero-order valence-electron chi connectivity index (χ0n) is 10.00. The Labute approximate surface area is 92.9 Å². The van der Waals surface area contributed by atoms with Crippen LogP contribution in [0.1, 0.15) is 46.0 Å². The molecule has 0 aromatic heterocycles. The van der Waals surface area contributed by atoms with Crippen molar-refractivity contribution in [2.24, 2.45) is 5.92 Å². The van der Waals surface area contributed by atoms with Gasteiger partial charge in [-0.25, -0.2) is 0 Å². The Hall–Kier alpha value is -0.120. The lowest BCUT2D eigenvalue weighted by Crippen LogP contribution is -2.56. The molecule has 0 heterocycles. The minimum absolute atomic E-state index is 0.0208. The van der Waals surface area contributed by atoms with E-state index >= 15 is 0 Å². The summed E-state index contributed by atoms with van der Waals surface area (Å²) in [6.45, 7) is 4.23. The molecule has 0 saturated heterocycles. The third-order valence-corrected chi connectivity index (χ3v) is 3.56. The van der Waals surface area contributed by atoms with E-state index in [1.54, 1.807) is 0 Å². The smallest absolute Gasteiger partial charge is 0.0647 e. The van der Waals surface area contributed by atoms with E-state index in [4.69, 9.17) is 0 Å². The Morgan fingerprint density at radius 1 is 1.27 bits per heavy atom. The third-order valence-electron chi connectivity index (χ3n) is 3.56. The molecule has 0 aromatic rings. The van der Waals surface area contributed by atoms with E-state index in [9.17, 15) is 10.2 Å². The SMILES string of the molecule is CCCC(NC(CC)(CO)CO)C1CC1. The van der Waals surface area contributed by atoms with Gasteiger partial charge in [-0.05, 0) is 31.6 Å². The van der Waals surface area contributed by atoms with Crippen LogP contribution in [0.15, 0.2) is 0 Å². The standard InChI is InChI=1S/C12H25NO2/c1-3-5-11(10-6-7-10)13-12(4-2,8-14)9-15/h10-11,13-15H,3-9H2,1-2H3. The van der Waals surface area contributed by atoms with Gasteiger partial charge in [-0.3, -0.25) is 0 Å². The molecule has 90 valence electrons. The van der Waals surface area contributed by atoms with Gasteiger partial charge in [-0.2, -0.15) is 0 Å². The van der Waals surface area contributed by atoms with Gasteiger partial charge in [0.1, 0.15) is 0 Å². The summed E-state index contributed by atoms with van der Waals surface area (Å²) in [5.41, 5.74) is -0.470. The maximum Gasteiger partial charge on any atom is 0.0647 e. The summed E-state index contributed by atoms with van der Waals surface area (Å²) < 4.78 is 0. The molecule has 0 spiro atoms. The largest absolute Gasteiger partial charge is 0.394 e. The monoisotopic (exact) mass is 215 g/mol. The quantitative estimate of drug-likeness (QED) is 0.572. The average Bonchev–Trinajstić information content (AvgIpc) is 3.09. The number of rotatable bonds is 8. The highest BCUT2D eigenvalue weighted by atomic mass is 16.3. The Morgan fingerprint density at radius 3 is 2.20 bits per heavy atom. The second-order valence-corrected chi connectivity index (χ2v) is 4.83. The van der Waals surface area contributed by atoms with Crippen LogP contribution in [0.2, 0.25) is 0 Å². The zero-order chi connectivity index (χ0) is 11.3. The van der Waals surface area contributed by atoms with Crippen LogP contribution >= 0.6 is 0 Å². The lowest BCUT2D eigenvalue weighted by molar-refractivity contribution is 0.0734. The fourth-order valence-corrected chi connectivity index (χ4v) is 2.10. The van der Waals surface area contributed by atoms with Gasteiger partial charge in [-0.1, -0.05) is 20.3 Å². The fraction of sp³-hybridized carbons (Fsp3) is 1.00. The molecule has 1 aliphatic rings. The van der Waals surface area contributed by atoms with E-state index in [0.29, 0.717) is 6.04 Å². The van der Waals surface area contributed by atoms with Gasteiger partial charge >= 0.3 is 0 Å². The molecule has 0 aliphatic heterocycles. The highest BCUT2D eigenvalue weighted by Gasteiger charge is 2.36. The first-order valence-electron chi connectivity index (χ1n) is 6.20. The zero-order valence-corrected chi connectivity index (χ0v) is 10.00. The van der Waals surface area contributed by atoms with E-state index in [-0.39, 0.29) is 13.2 Å². The Kier molecular flexibility index (Phi) is 5.03. The molecule has 1 unspecified atom stereocenters. The topological polar surface area (TPSA) is 52.5 Å². The molecule has 3 nitrogen and oxygen atoms in total. The number of nitrogens with one attached hydrogen (secondary N) is 1. The van der Waals surface area contributed by atoms with Crippen LogP contribution in [-0.2, 0) is 0 Å². The summed E-state index contributed by atoms with van der Waals surface area (Å²) in [7, 11) is 0. The van der Waals surface area contributed by atoms with Crippen molar-refractivity contribution in [1.82, 2.24) is 5.32 Å². The van der Waals surface area contributed by atoms with Crippen LogP contribution in [0.25, 0.3) is 0 Å².